The maximum atomic E-state index is 12.5. The zero-order valence-electron chi connectivity index (χ0n) is 13.5. The Bertz CT molecular complexity index is 877. The first-order valence-corrected chi connectivity index (χ1v) is 9.17. The van der Waals surface area contributed by atoms with Gasteiger partial charge in [-0.25, -0.2) is 13.2 Å². The smallest absolute Gasteiger partial charge is 0.338 e. The van der Waals surface area contributed by atoms with E-state index in [4.69, 9.17) is 14.2 Å². The number of carbonyl (C=O) groups excluding carboxylic acids is 1. The van der Waals surface area contributed by atoms with Gasteiger partial charge in [-0.05, 0) is 43.3 Å². The average molecular weight is 363 g/mol. The summed E-state index contributed by atoms with van der Waals surface area (Å²) in [7, 11) is -3.79. The molecule has 1 N–H and O–H groups in total. The van der Waals surface area contributed by atoms with Gasteiger partial charge in [-0.2, -0.15) is 0 Å². The average Bonchev–Trinajstić information content (AvgIpc) is 2.62. The zero-order valence-corrected chi connectivity index (χ0v) is 14.3. The van der Waals surface area contributed by atoms with Crippen LogP contribution in [0, 0.1) is 0 Å². The van der Waals surface area contributed by atoms with Gasteiger partial charge >= 0.3 is 5.97 Å². The summed E-state index contributed by atoms with van der Waals surface area (Å²) in [5.41, 5.74) is 0.687. The molecule has 1 aliphatic heterocycles. The molecule has 132 valence electrons. The van der Waals surface area contributed by atoms with E-state index in [-0.39, 0.29) is 11.5 Å². The summed E-state index contributed by atoms with van der Waals surface area (Å²) in [4.78, 5) is 11.7. The highest BCUT2D eigenvalue weighted by molar-refractivity contribution is 7.92. The van der Waals surface area contributed by atoms with Crippen LogP contribution in [0.2, 0.25) is 0 Å². The fourth-order valence-corrected chi connectivity index (χ4v) is 3.37. The highest BCUT2D eigenvalue weighted by atomic mass is 32.2. The number of anilines is 1. The number of ether oxygens (including phenoxy) is 3. The number of benzene rings is 2. The Kier molecular flexibility index (Phi) is 4.80. The molecule has 0 unspecified atom stereocenters. The monoisotopic (exact) mass is 363 g/mol. The van der Waals surface area contributed by atoms with Gasteiger partial charge in [0.2, 0.25) is 0 Å². The predicted octanol–water partition coefficient (Wildman–Crippen LogP) is 2.44. The predicted molar refractivity (Wildman–Crippen MR) is 90.6 cm³/mol. The molecule has 3 rings (SSSR count). The highest BCUT2D eigenvalue weighted by Crippen LogP contribution is 2.32. The third-order valence-corrected chi connectivity index (χ3v) is 4.85. The lowest BCUT2D eigenvalue weighted by molar-refractivity contribution is 0.0526. The molecule has 1 heterocycles. The quantitative estimate of drug-likeness (QED) is 0.821. The fraction of sp³-hybridized carbons (Fsp3) is 0.235. The Labute approximate surface area is 145 Å². The molecule has 0 bridgehead atoms. The summed E-state index contributed by atoms with van der Waals surface area (Å²) in [6, 6.07) is 10.4. The van der Waals surface area contributed by atoms with Gasteiger partial charge in [0, 0.05) is 11.8 Å². The summed E-state index contributed by atoms with van der Waals surface area (Å²) in [5, 5.41) is 0. The number of carbonyl (C=O) groups is 1. The van der Waals surface area contributed by atoms with Crippen LogP contribution in [0.4, 0.5) is 5.69 Å². The second kappa shape index (κ2) is 7.02. The van der Waals surface area contributed by atoms with E-state index in [2.05, 4.69) is 4.72 Å². The molecule has 0 radical (unpaired) electrons. The second-order valence-corrected chi connectivity index (χ2v) is 6.89. The van der Waals surface area contributed by atoms with Gasteiger partial charge in [0.15, 0.2) is 11.5 Å². The largest absolute Gasteiger partial charge is 0.486 e. The van der Waals surface area contributed by atoms with Crippen LogP contribution in [-0.4, -0.2) is 34.2 Å². The molecular formula is C17H17NO6S. The summed E-state index contributed by atoms with van der Waals surface area (Å²) < 4.78 is 43.2. The number of hydrogen-bond donors (Lipinski definition) is 1. The summed E-state index contributed by atoms with van der Waals surface area (Å²) in [6.07, 6.45) is 0. The Morgan fingerprint density at radius 3 is 2.44 bits per heavy atom. The first kappa shape index (κ1) is 17.1. The topological polar surface area (TPSA) is 90.9 Å². The molecule has 1 aliphatic rings. The molecular weight excluding hydrogens is 346 g/mol. The van der Waals surface area contributed by atoms with E-state index in [0.717, 1.165) is 0 Å². The number of fused-ring (bicyclic) bond motifs is 1. The van der Waals surface area contributed by atoms with Crippen molar-refractivity contribution in [1.82, 2.24) is 0 Å². The van der Waals surface area contributed by atoms with Crippen molar-refractivity contribution in [3.8, 4) is 11.5 Å². The number of sulfonamides is 1. The Balaban J connectivity index is 1.78. The molecule has 0 amide bonds. The van der Waals surface area contributed by atoms with Gasteiger partial charge in [0.05, 0.1) is 17.1 Å². The van der Waals surface area contributed by atoms with Crippen molar-refractivity contribution in [3.05, 3.63) is 48.0 Å². The van der Waals surface area contributed by atoms with Gasteiger partial charge < -0.3 is 14.2 Å². The van der Waals surface area contributed by atoms with Crippen molar-refractivity contribution in [2.75, 3.05) is 24.5 Å². The van der Waals surface area contributed by atoms with E-state index in [0.29, 0.717) is 36.0 Å². The van der Waals surface area contributed by atoms with E-state index in [1.54, 1.807) is 13.0 Å². The molecule has 0 aromatic heterocycles. The third kappa shape index (κ3) is 3.85. The number of nitrogens with one attached hydrogen (secondary N) is 1. The van der Waals surface area contributed by atoms with E-state index < -0.39 is 16.0 Å². The van der Waals surface area contributed by atoms with Crippen LogP contribution in [0.5, 0.6) is 11.5 Å². The van der Waals surface area contributed by atoms with Crippen LogP contribution in [0.3, 0.4) is 0 Å². The summed E-state index contributed by atoms with van der Waals surface area (Å²) in [6.45, 7) is 2.80. The molecule has 8 heteroatoms. The lowest BCUT2D eigenvalue weighted by atomic mass is 10.2. The van der Waals surface area contributed by atoms with E-state index in [9.17, 15) is 13.2 Å². The minimum atomic E-state index is -3.79. The molecule has 2 aromatic carbocycles. The minimum Gasteiger partial charge on any atom is -0.486 e. The van der Waals surface area contributed by atoms with E-state index in [1.165, 1.54) is 36.4 Å². The number of rotatable bonds is 5. The van der Waals surface area contributed by atoms with Gasteiger partial charge in [-0.15, -0.1) is 0 Å². The van der Waals surface area contributed by atoms with Crippen molar-refractivity contribution in [1.29, 1.82) is 0 Å². The second-order valence-electron chi connectivity index (χ2n) is 5.21. The van der Waals surface area contributed by atoms with Crippen molar-refractivity contribution >= 4 is 21.7 Å². The number of esters is 1. The molecule has 0 fully saturated rings. The van der Waals surface area contributed by atoms with Gasteiger partial charge in [-0.3, -0.25) is 4.72 Å². The Morgan fingerprint density at radius 1 is 1.08 bits per heavy atom. The maximum Gasteiger partial charge on any atom is 0.338 e. The van der Waals surface area contributed by atoms with Crippen molar-refractivity contribution in [3.63, 3.8) is 0 Å². The maximum absolute atomic E-state index is 12.5. The molecule has 2 aromatic rings. The SMILES string of the molecule is CCOC(=O)c1ccc(NS(=O)(=O)c2ccc3c(c2)OCCO3)cc1. The zero-order chi connectivity index (χ0) is 17.9. The molecule has 25 heavy (non-hydrogen) atoms. The van der Waals surface area contributed by atoms with Crippen molar-refractivity contribution in [2.24, 2.45) is 0 Å². The Morgan fingerprint density at radius 2 is 1.76 bits per heavy atom. The third-order valence-electron chi connectivity index (χ3n) is 3.47. The fourth-order valence-electron chi connectivity index (χ4n) is 2.29. The highest BCUT2D eigenvalue weighted by Gasteiger charge is 2.19. The van der Waals surface area contributed by atoms with Gasteiger partial charge in [0.1, 0.15) is 13.2 Å². The Hall–Kier alpha value is -2.74. The summed E-state index contributed by atoms with van der Waals surface area (Å²) in [5.74, 6) is 0.458. The molecule has 0 spiro atoms. The van der Waals surface area contributed by atoms with E-state index in [1.807, 2.05) is 0 Å². The van der Waals surface area contributed by atoms with Crippen LogP contribution >= 0.6 is 0 Å². The standard InChI is InChI=1S/C17H17NO6S/c1-2-22-17(19)12-3-5-13(6-4-12)18-25(20,21)14-7-8-15-16(11-14)24-10-9-23-15/h3-8,11,18H,2,9-10H2,1H3. The first-order chi connectivity index (χ1) is 12.0. The lowest BCUT2D eigenvalue weighted by Crippen LogP contribution is -2.17. The van der Waals surface area contributed by atoms with Crippen LogP contribution in [0.1, 0.15) is 17.3 Å². The van der Waals surface area contributed by atoms with Crippen LogP contribution in [0.25, 0.3) is 0 Å². The van der Waals surface area contributed by atoms with Crippen LogP contribution < -0.4 is 14.2 Å². The van der Waals surface area contributed by atoms with E-state index >= 15 is 0 Å². The molecule has 0 saturated carbocycles. The first-order valence-electron chi connectivity index (χ1n) is 7.69. The van der Waals surface area contributed by atoms with Crippen LogP contribution in [-0.2, 0) is 14.8 Å². The molecule has 0 saturated heterocycles. The minimum absolute atomic E-state index is 0.0613. The number of hydrogen-bond acceptors (Lipinski definition) is 6. The van der Waals surface area contributed by atoms with Crippen LogP contribution in [0.15, 0.2) is 47.4 Å². The van der Waals surface area contributed by atoms with Gasteiger partial charge in [0.25, 0.3) is 10.0 Å². The summed E-state index contributed by atoms with van der Waals surface area (Å²) >= 11 is 0. The normalized spacial score (nSPS) is 13.2. The van der Waals surface area contributed by atoms with Crippen molar-refractivity contribution in [2.45, 2.75) is 11.8 Å². The van der Waals surface area contributed by atoms with Crippen molar-refractivity contribution < 1.29 is 27.4 Å². The molecule has 0 aliphatic carbocycles. The van der Waals surface area contributed by atoms with Gasteiger partial charge in [-0.1, -0.05) is 0 Å². The molecule has 0 atom stereocenters. The molecule has 7 nitrogen and oxygen atoms in total. The lowest BCUT2D eigenvalue weighted by Gasteiger charge is -2.19.